The Morgan fingerprint density at radius 2 is 2.19 bits per heavy atom. The van der Waals surface area contributed by atoms with Gasteiger partial charge in [0.1, 0.15) is 5.82 Å². The average Bonchev–Trinajstić information content (AvgIpc) is 2.28. The minimum atomic E-state index is 0.00434. The van der Waals surface area contributed by atoms with Crippen molar-refractivity contribution in [3.8, 4) is 0 Å². The van der Waals surface area contributed by atoms with E-state index >= 15 is 0 Å². The number of rotatable bonds is 5. The third kappa shape index (κ3) is 4.29. The molecule has 4 nitrogen and oxygen atoms in total. The Labute approximate surface area is 96.5 Å². The van der Waals surface area contributed by atoms with E-state index in [0.717, 1.165) is 18.1 Å². The highest BCUT2D eigenvalue weighted by molar-refractivity contribution is 5.90. The van der Waals surface area contributed by atoms with Crippen molar-refractivity contribution < 1.29 is 4.79 Å². The van der Waals surface area contributed by atoms with Crippen molar-refractivity contribution in [3.63, 3.8) is 0 Å². The van der Waals surface area contributed by atoms with E-state index in [-0.39, 0.29) is 5.91 Å². The van der Waals surface area contributed by atoms with Crippen molar-refractivity contribution in [1.29, 1.82) is 0 Å². The van der Waals surface area contributed by atoms with Crippen molar-refractivity contribution in [2.45, 2.75) is 27.2 Å². The molecule has 0 aliphatic rings. The highest BCUT2D eigenvalue weighted by atomic mass is 16.1. The topological polar surface area (TPSA) is 54.0 Å². The molecule has 1 rings (SSSR count). The summed E-state index contributed by atoms with van der Waals surface area (Å²) in [5, 5.41) is 5.97. The molecule has 0 aliphatic carbocycles. The van der Waals surface area contributed by atoms with Crippen molar-refractivity contribution in [3.05, 3.63) is 18.3 Å². The molecule has 0 radical (unpaired) electrons. The van der Waals surface area contributed by atoms with E-state index in [1.165, 1.54) is 0 Å². The lowest BCUT2D eigenvalue weighted by molar-refractivity contribution is -0.115. The Balaban J connectivity index is 2.51. The van der Waals surface area contributed by atoms with Crippen LogP contribution in [0.2, 0.25) is 0 Å². The van der Waals surface area contributed by atoms with Crippen LogP contribution < -0.4 is 10.6 Å². The molecule has 1 amide bonds. The highest BCUT2D eigenvalue weighted by Crippen LogP contribution is 2.10. The molecule has 4 heteroatoms. The van der Waals surface area contributed by atoms with Crippen LogP contribution in [0, 0.1) is 5.92 Å². The number of aromatic nitrogens is 1. The first-order valence-electron chi connectivity index (χ1n) is 5.61. The predicted molar refractivity (Wildman–Crippen MR) is 66.5 cm³/mol. The van der Waals surface area contributed by atoms with Gasteiger partial charge in [-0.1, -0.05) is 20.8 Å². The number of nitrogens with one attached hydrogen (secondary N) is 2. The second-order valence-corrected chi connectivity index (χ2v) is 4.11. The molecule has 0 saturated carbocycles. The van der Waals surface area contributed by atoms with E-state index in [1.807, 2.05) is 19.1 Å². The summed E-state index contributed by atoms with van der Waals surface area (Å²) >= 11 is 0. The summed E-state index contributed by atoms with van der Waals surface area (Å²) in [6.45, 7) is 7.00. The standard InChI is InChI=1S/C12H19N3O/c1-4-12(16)15-10-5-6-11(14-8-10)13-7-9(2)3/h5-6,8-9H,4,7H2,1-3H3,(H,13,14)(H,15,16). The molecule has 16 heavy (non-hydrogen) atoms. The Morgan fingerprint density at radius 1 is 1.44 bits per heavy atom. The Hall–Kier alpha value is -1.58. The van der Waals surface area contributed by atoms with Gasteiger partial charge in [0.05, 0.1) is 11.9 Å². The van der Waals surface area contributed by atoms with Crippen LogP contribution in [0.3, 0.4) is 0 Å². The number of anilines is 2. The van der Waals surface area contributed by atoms with Crippen molar-refractivity contribution in [2.75, 3.05) is 17.2 Å². The maximum Gasteiger partial charge on any atom is 0.224 e. The molecular weight excluding hydrogens is 202 g/mol. The fraction of sp³-hybridized carbons (Fsp3) is 0.500. The van der Waals surface area contributed by atoms with Gasteiger partial charge >= 0.3 is 0 Å². The lowest BCUT2D eigenvalue weighted by Gasteiger charge is -2.08. The van der Waals surface area contributed by atoms with E-state index < -0.39 is 0 Å². The van der Waals surface area contributed by atoms with Crippen molar-refractivity contribution in [1.82, 2.24) is 4.98 Å². The zero-order chi connectivity index (χ0) is 12.0. The number of nitrogens with zero attached hydrogens (tertiary/aromatic N) is 1. The Kier molecular flexibility index (Phi) is 4.76. The van der Waals surface area contributed by atoms with Crippen molar-refractivity contribution in [2.24, 2.45) is 5.92 Å². The van der Waals surface area contributed by atoms with E-state index in [2.05, 4.69) is 29.5 Å². The lowest BCUT2D eigenvalue weighted by atomic mass is 10.2. The molecule has 1 heterocycles. The minimum Gasteiger partial charge on any atom is -0.370 e. The summed E-state index contributed by atoms with van der Waals surface area (Å²) < 4.78 is 0. The molecule has 1 aromatic heterocycles. The van der Waals surface area contributed by atoms with Gasteiger partial charge in [-0.2, -0.15) is 0 Å². The number of carbonyl (C=O) groups excluding carboxylic acids is 1. The van der Waals surface area contributed by atoms with Crippen LogP contribution in [0.1, 0.15) is 27.2 Å². The van der Waals surface area contributed by atoms with Gasteiger partial charge in [0, 0.05) is 13.0 Å². The molecule has 0 aromatic carbocycles. The fourth-order valence-corrected chi connectivity index (χ4v) is 1.13. The van der Waals surface area contributed by atoms with E-state index in [1.54, 1.807) is 6.20 Å². The molecule has 0 aliphatic heterocycles. The molecular formula is C12H19N3O. The molecule has 0 fully saturated rings. The second-order valence-electron chi connectivity index (χ2n) is 4.11. The maximum atomic E-state index is 11.1. The molecule has 0 unspecified atom stereocenters. The van der Waals surface area contributed by atoms with Crippen LogP contribution in [0.5, 0.6) is 0 Å². The maximum absolute atomic E-state index is 11.1. The number of pyridine rings is 1. The summed E-state index contributed by atoms with van der Waals surface area (Å²) in [6, 6.07) is 3.72. The van der Waals surface area contributed by atoms with E-state index in [4.69, 9.17) is 0 Å². The number of amides is 1. The molecule has 88 valence electrons. The normalized spacial score (nSPS) is 10.2. The SMILES string of the molecule is CCC(=O)Nc1ccc(NCC(C)C)nc1. The first-order valence-corrected chi connectivity index (χ1v) is 5.61. The van der Waals surface area contributed by atoms with Crippen LogP contribution in [-0.4, -0.2) is 17.4 Å². The largest absolute Gasteiger partial charge is 0.370 e. The van der Waals surface area contributed by atoms with Gasteiger partial charge in [-0.3, -0.25) is 4.79 Å². The molecule has 0 saturated heterocycles. The average molecular weight is 221 g/mol. The second kappa shape index (κ2) is 6.10. The summed E-state index contributed by atoms with van der Waals surface area (Å²) in [5.74, 6) is 1.43. The van der Waals surface area contributed by atoms with Gasteiger partial charge in [-0.15, -0.1) is 0 Å². The zero-order valence-corrected chi connectivity index (χ0v) is 10.1. The van der Waals surface area contributed by atoms with Gasteiger partial charge in [0.15, 0.2) is 0 Å². The van der Waals surface area contributed by atoms with Crippen LogP contribution in [0.25, 0.3) is 0 Å². The minimum absolute atomic E-state index is 0.00434. The van der Waals surface area contributed by atoms with Gasteiger partial charge in [0.25, 0.3) is 0 Å². The van der Waals surface area contributed by atoms with Crippen LogP contribution in [-0.2, 0) is 4.79 Å². The van der Waals surface area contributed by atoms with E-state index in [0.29, 0.717) is 12.3 Å². The highest BCUT2D eigenvalue weighted by Gasteiger charge is 2.00. The molecule has 0 atom stereocenters. The number of hydrogen-bond acceptors (Lipinski definition) is 3. The first-order chi connectivity index (χ1) is 7.61. The monoisotopic (exact) mass is 221 g/mol. The molecule has 1 aromatic rings. The number of carbonyl (C=O) groups is 1. The molecule has 0 bridgehead atoms. The summed E-state index contributed by atoms with van der Waals surface area (Å²) in [4.78, 5) is 15.3. The molecule has 0 spiro atoms. The Morgan fingerprint density at radius 3 is 2.69 bits per heavy atom. The van der Waals surface area contributed by atoms with Crippen molar-refractivity contribution >= 4 is 17.4 Å². The van der Waals surface area contributed by atoms with Crippen LogP contribution in [0.15, 0.2) is 18.3 Å². The molecule has 2 N–H and O–H groups in total. The summed E-state index contributed by atoms with van der Waals surface area (Å²) in [6.07, 6.45) is 2.14. The van der Waals surface area contributed by atoms with Gasteiger partial charge in [-0.25, -0.2) is 4.98 Å². The van der Waals surface area contributed by atoms with Crippen LogP contribution in [0.4, 0.5) is 11.5 Å². The Bertz CT molecular complexity index is 333. The lowest BCUT2D eigenvalue weighted by Crippen LogP contribution is -2.11. The van der Waals surface area contributed by atoms with Crippen LogP contribution >= 0.6 is 0 Å². The summed E-state index contributed by atoms with van der Waals surface area (Å²) in [7, 11) is 0. The summed E-state index contributed by atoms with van der Waals surface area (Å²) in [5.41, 5.74) is 0.738. The predicted octanol–water partition coefficient (Wildman–Crippen LogP) is 2.50. The first kappa shape index (κ1) is 12.5. The smallest absolute Gasteiger partial charge is 0.224 e. The van der Waals surface area contributed by atoms with Gasteiger partial charge in [0.2, 0.25) is 5.91 Å². The quantitative estimate of drug-likeness (QED) is 0.803. The third-order valence-electron chi connectivity index (χ3n) is 2.06. The van der Waals surface area contributed by atoms with Gasteiger partial charge < -0.3 is 10.6 Å². The number of hydrogen-bond donors (Lipinski definition) is 2. The van der Waals surface area contributed by atoms with E-state index in [9.17, 15) is 4.79 Å². The fourth-order valence-electron chi connectivity index (χ4n) is 1.13. The zero-order valence-electron chi connectivity index (χ0n) is 10.1. The van der Waals surface area contributed by atoms with Gasteiger partial charge in [-0.05, 0) is 18.1 Å². The third-order valence-corrected chi connectivity index (χ3v) is 2.06.